The van der Waals surface area contributed by atoms with Gasteiger partial charge in [-0.3, -0.25) is 0 Å². The largest absolute Gasteiger partial charge is 0.456 e. The number of anilines is 3. The van der Waals surface area contributed by atoms with Crippen LogP contribution in [-0.4, -0.2) is 4.57 Å². The lowest BCUT2D eigenvalue weighted by Crippen LogP contribution is -2.16. The maximum Gasteiger partial charge on any atom is 0.137 e. The summed E-state index contributed by atoms with van der Waals surface area (Å²) >= 11 is 1.85. The van der Waals surface area contributed by atoms with Crippen LogP contribution in [0.15, 0.2) is 211 Å². The molecule has 0 amide bonds. The van der Waals surface area contributed by atoms with Crippen molar-refractivity contribution in [1.29, 1.82) is 0 Å². The van der Waals surface area contributed by atoms with Crippen LogP contribution in [-0.2, 0) is 5.41 Å². The Morgan fingerprint density at radius 2 is 1.08 bits per heavy atom. The second kappa shape index (κ2) is 13.7. The number of fused-ring (bicyclic) bond motifs is 10. The Morgan fingerprint density at radius 3 is 1.87 bits per heavy atom. The van der Waals surface area contributed by atoms with Gasteiger partial charge in [-0.1, -0.05) is 135 Å². The summed E-state index contributed by atoms with van der Waals surface area (Å²) in [6, 6.07) is 75.5. The molecule has 13 rings (SSSR count). The van der Waals surface area contributed by atoms with Crippen LogP contribution in [0.3, 0.4) is 0 Å². The predicted octanol–water partition coefficient (Wildman–Crippen LogP) is 17.0. The summed E-state index contributed by atoms with van der Waals surface area (Å²) in [5, 5.41) is 6.03. The fourth-order valence-electron chi connectivity index (χ4n) is 10.2. The number of thiophene rings is 1. The third-order valence-electron chi connectivity index (χ3n) is 13.4. The van der Waals surface area contributed by atoms with Gasteiger partial charge in [0.05, 0.1) is 11.0 Å². The Balaban J connectivity index is 0.875. The first-order valence-electron chi connectivity index (χ1n) is 21.7. The van der Waals surface area contributed by atoms with Crippen molar-refractivity contribution in [2.24, 2.45) is 0 Å². The van der Waals surface area contributed by atoms with E-state index in [9.17, 15) is 0 Å². The monoisotopic (exact) mass is 824 g/mol. The Bertz CT molecular complexity index is 3720. The van der Waals surface area contributed by atoms with Gasteiger partial charge in [0.1, 0.15) is 11.2 Å². The van der Waals surface area contributed by atoms with Gasteiger partial charge in [-0.15, -0.1) is 11.3 Å². The molecule has 0 saturated carbocycles. The van der Waals surface area contributed by atoms with Crippen LogP contribution in [0.25, 0.3) is 92.2 Å². The van der Waals surface area contributed by atoms with Crippen LogP contribution in [0.2, 0.25) is 0 Å². The van der Waals surface area contributed by atoms with Crippen LogP contribution >= 0.6 is 11.3 Å². The normalized spacial score (nSPS) is 13.0. The number of benzene rings is 9. The second-order valence-corrected chi connectivity index (χ2v) is 18.4. The predicted molar refractivity (Wildman–Crippen MR) is 267 cm³/mol. The topological polar surface area (TPSA) is 21.3 Å². The molecular weight excluding hydrogens is 785 g/mol. The first kappa shape index (κ1) is 36.0. The lowest BCUT2D eigenvalue weighted by molar-refractivity contribution is 0.660. The number of hydrogen-bond donors (Lipinski definition) is 0. The molecule has 3 aromatic heterocycles. The first-order valence-corrected chi connectivity index (χ1v) is 22.5. The van der Waals surface area contributed by atoms with E-state index in [0.29, 0.717) is 0 Å². The number of para-hydroxylation sites is 2. The molecule has 1 aliphatic rings. The van der Waals surface area contributed by atoms with E-state index < -0.39 is 0 Å². The van der Waals surface area contributed by atoms with Crippen LogP contribution < -0.4 is 4.90 Å². The molecule has 4 heteroatoms. The fraction of sp³-hybridized carbons (Fsp3) is 0.0508. The molecule has 12 aromatic rings. The van der Waals surface area contributed by atoms with Crippen LogP contribution in [0.1, 0.15) is 25.0 Å². The van der Waals surface area contributed by atoms with E-state index in [-0.39, 0.29) is 5.41 Å². The molecule has 3 nitrogen and oxygen atoms in total. The molecule has 298 valence electrons. The highest BCUT2D eigenvalue weighted by atomic mass is 32.1. The highest BCUT2D eigenvalue weighted by molar-refractivity contribution is 7.22. The molecule has 0 bridgehead atoms. The number of nitrogens with zero attached hydrogens (tertiary/aromatic N) is 2. The van der Waals surface area contributed by atoms with Gasteiger partial charge < -0.3 is 13.9 Å². The number of rotatable bonds is 6. The van der Waals surface area contributed by atoms with Crippen LogP contribution in [0, 0.1) is 0 Å². The molecule has 0 aliphatic heterocycles. The van der Waals surface area contributed by atoms with Gasteiger partial charge in [-0.25, -0.2) is 0 Å². The molecule has 0 spiro atoms. The summed E-state index contributed by atoms with van der Waals surface area (Å²) in [6.07, 6.45) is 0. The third-order valence-corrected chi connectivity index (χ3v) is 14.6. The van der Waals surface area contributed by atoms with E-state index in [1.165, 1.54) is 70.2 Å². The van der Waals surface area contributed by atoms with E-state index >= 15 is 0 Å². The molecular formula is C59H40N2OS. The Kier molecular flexibility index (Phi) is 7.82. The van der Waals surface area contributed by atoms with Crippen molar-refractivity contribution < 1.29 is 4.42 Å². The zero-order chi connectivity index (χ0) is 41.8. The van der Waals surface area contributed by atoms with E-state index in [2.05, 4.69) is 217 Å². The zero-order valence-electron chi connectivity index (χ0n) is 34.8. The second-order valence-electron chi connectivity index (χ2n) is 17.3. The van der Waals surface area contributed by atoms with Crippen molar-refractivity contribution >= 4 is 82.2 Å². The summed E-state index contributed by atoms with van der Waals surface area (Å²) in [5.41, 5.74) is 17.5. The summed E-state index contributed by atoms with van der Waals surface area (Å²) < 4.78 is 10.0. The third kappa shape index (κ3) is 5.58. The summed E-state index contributed by atoms with van der Waals surface area (Å²) in [6.45, 7) is 4.71. The molecule has 9 aromatic carbocycles. The number of furan rings is 1. The Hall–Kier alpha value is -7.66. The van der Waals surface area contributed by atoms with Gasteiger partial charge in [-0.05, 0) is 123 Å². The number of hydrogen-bond acceptors (Lipinski definition) is 3. The van der Waals surface area contributed by atoms with E-state index in [4.69, 9.17) is 4.42 Å². The van der Waals surface area contributed by atoms with Gasteiger partial charge in [0.25, 0.3) is 0 Å². The van der Waals surface area contributed by atoms with Crippen molar-refractivity contribution in [1.82, 2.24) is 4.57 Å². The molecule has 1 aliphatic carbocycles. The summed E-state index contributed by atoms with van der Waals surface area (Å²) in [5.74, 6) is 0. The van der Waals surface area contributed by atoms with E-state index in [1.807, 2.05) is 23.5 Å². The molecule has 0 saturated heterocycles. The lowest BCUT2D eigenvalue weighted by atomic mass is 9.82. The molecule has 0 unspecified atom stereocenters. The highest BCUT2D eigenvalue weighted by Gasteiger charge is 2.35. The smallest absolute Gasteiger partial charge is 0.137 e. The van der Waals surface area contributed by atoms with Gasteiger partial charge in [-0.2, -0.15) is 0 Å². The van der Waals surface area contributed by atoms with Crippen LogP contribution in [0.4, 0.5) is 17.1 Å². The first-order chi connectivity index (χ1) is 31.0. The Labute approximate surface area is 369 Å². The summed E-state index contributed by atoms with van der Waals surface area (Å²) in [4.78, 5) is 3.69. The maximum atomic E-state index is 6.37. The Morgan fingerprint density at radius 1 is 0.444 bits per heavy atom. The van der Waals surface area contributed by atoms with Crippen molar-refractivity contribution in [3.8, 4) is 38.4 Å². The highest BCUT2D eigenvalue weighted by Crippen LogP contribution is 2.51. The summed E-state index contributed by atoms with van der Waals surface area (Å²) in [7, 11) is 0. The molecule has 0 fully saturated rings. The van der Waals surface area contributed by atoms with E-state index in [0.717, 1.165) is 50.2 Å². The minimum atomic E-state index is -0.104. The molecule has 0 atom stereocenters. The van der Waals surface area contributed by atoms with Crippen molar-refractivity contribution in [2.45, 2.75) is 19.3 Å². The van der Waals surface area contributed by atoms with Gasteiger partial charge in [0.15, 0.2) is 0 Å². The van der Waals surface area contributed by atoms with Gasteiger partial charge >= 0.3 is 0 Å². The molecule has 63 heavy (non-hydrogen) atoms. The number of aromatic nitrogens is 1. The SMILES string of the molecule is CC1(C)c2ccccc2-c2ccc(N(c3ccc(-c4ccc(-n5c6ccccc6c6cc7c(cc65)oc5ccccc57)cc4)cc3)c3ccc(-c4cc5ccccc5s4)cc3)cc21. The molecule has 3 heterocycles. The van der Waals surface area contributed by atoms with Gasteiger partial charge in [0.2, 0.25) is 0 Å². The minimum absolute atomic E-state index is 0.104. The lowest BCUT2D eigenvalue weighted by Gasteiger charge is -2.28. The maximum absolute atomic E-state index is 6.37. The van der Waals surface area contributed by atoms with Crippen molar-refractivity contribution in [3.05, 3.63) is 217 Å². The molecule has 0 radical (unpaired) electrons. The van der Waals surface area contributed by atoms with Crippen molar-refractivity contribution in [2.75, 3.05) is 4.90 Å². The fourth-order valence-corrected chi connectivity index (χ4v) is 11.3. The molecule has 0 N–H and O–H groups in total. The van der Waals surface area contributed by atoms with Crippen molar-refractivity contribution in [3.63, 3.8) is 0 Å². The average molecular weight is 825 g/mol. The average Bonchev–Trinajstić information content (AvgIpc) is 4.07. The van der Waals surface area contributed by atoms with E-state index in [1.54, 1.807) is 0 Å². The van der Waals surface area contributed by atoms with Crippen LogP contribution in [0.5, 0.6) is 0 Å². The van der Waals surface area contributed by atoms with Gasteiger partial charge in [0, 0.05) is 65.4 Å². The zero-order valence-corrected chi connectivity index (χ0v) is 35.7. The minimum Gasteiger partial charge on any atom is -0.456 e. The quantitative estimate of drug-likeness (QED) is 0.167. The standard InChI is InChI=1S/C59H40N2OS/c1-59(2)51-15-7-4-12-45(51)46-32-31-44(34-52(46)59)60(42-29-23-39(24-30-42)58-33-40-11-3-10-18-57(40)63-58)41-25-19-37(20-26-41)38-21-27-43(28-22-38)61-53-16-8-5-13-47(53)49-35-50-48-14-6-9-17-55(48)62-56(50)36-54(49)61/h3-36H,1-2H3.